The van der Waals surface area contributed by atoms with Gasteiger partial charge in [0.05, 0.1) is 5.01 Å². The SMILES string of the molecule is Cc1cnc(C2CCN(C(=O)NCc3ccc(-n4cncn4)nc3)CC2)s1. The average molecular weight is 383 g/mol. The Morgan fingerprint density at radius 3 is 2.74 bits per heavy atom. The summed E-state index contributed by atoms with van der Waals surface area (Å²) in [5.41, 5.74) is 0.945. The number of nitrogens with one attached hydrogen (secondary N) is 1. The number of hydrogen-bond donors (Lipinski definition) is 1. The van der Waals surface area contributed by atoms with Gasteiger partial charge in [-0.2, -0.15) is 5.10 Å². The Kier molecular flexibility index (Phi) is 5.10. The molecule has 1 saturated heterocycles. The summed E-state index contributed by atoms with van der Waals surface area (Å²) in [5, 5.41) is 8.22. The summed E-state index contributed by atoms with van der Waals surface area (Å²) in [6.45, 7) is 4.06. The molecule has 0 aliphatic carbocycles. The molecular weight excluding hydrogens is 362 g/mol. The molecular formula is C18H21N7OS. The minimum atomic E-state index is -0.0240. The molecule has 9 heteroatoms. The number of aromatic nitrogens is 5. The van der Waals surface area contributed by atoms with E-state index in [1.54, 1.807) is 28.5 Å². The van der Waals surface area contributed by atoms with Crippen LogP contribution in [0.1, 0.15) is 34.2 Å². The van der Waals surface area contributed by atoms with Crippen LogP contribution in [-0.2, 0) is 6.54 Å². The van der Waals surface area contributed by atoms with Gasteiger partial charge in [0.1, 0.15) is 12.7 Å². The lowest BCUT2D eigenvalue weighted by Gasteiger charge is -2.31. The van der Waals surface area contributed by atoms with E-state index in [4.69, 9.17) is 0 Å². The van der Waals surface area contributed by atoms with E-state index in [9.17, 15) is 4.79 Å². The molecule has 0 atom stereocenters. The maximum atomic E-state index is 12.4. The molecule has 4 rings (SSSR count). The van der Waals surface area contributed by atoms with Crippen molar-refractivity contribution in [2.75, 3.05) is 13.1 Å². The van der Waals surface area contributed by atoms with Gasteiger partial charge in [0.15, 0.2) is 5.82 Å². The van der Waals surface area contributed by atoms with Crippen LogP contribution in [0, 0.1) is 6.92 Å². The summed E-state index contributed by atoms with van der Waals surface area (Å²) >= 11 is 1.76. The van der Waals surface area contributed by atoms with Crippen LogP contribution >= 0.6 is 11.3 Å². The Labute approximate surface area is 161 Å². The summed E-state index contributed by atoms with van der Waals surface area (Å²) in [6, 6.07) is 3.77. The van der Waals surface area contributed by atoms with Gasteiger partial charge < -0.3 is 10.2 Å². The molecule has 1 aliphatic rings. The van der Waals surface area contributed by atoms with Gasteiger partial charge in [0.25, 0.3) is 0 Å². The molecule has 3 aromatic rings. The first-order valence-corrected chi connectivity index (χ1v) is 9.76. The number of amides is 2. The zero-order chi connectivity index (χ0) is 18.6. The van der Waals surface area contributed by atoms with Crippen molar-refractivity contribution in [3.8, 4) is 5.82 Å². The smallest absolute Gasteiger partial charge is 0.317 e. The van der Waals surface area contributed by atoms with Crippen molar-refractivity contribution in [1.82, 2.24) is 34.9 Å². The van der Waals surface area contributed by atoms with Crippen LogP contribution in [0.3, 0.4) is 0 Å². The van der Waals surface area contributed by atoms with Gasteiger partial charge in [-0.25, -0.2) is 24.4 Å². The Bertz CT molecular complexity index is 883. The van der Waals surface area contributed by atoms with Crippen molar-refractivity contribution in [3.05, 3.63) is 52.6 Å². The summed E-state index contributed by atoms with van der Waals surface area (Å²) < 4.78 is 1.59. The number of pyridine rings is 1. The molecule has 3 aromatic heterocycles. The van der Waals surface area contributed by atoms with Crippen LogP contribution in [0.25, 0.3) is 5.82 Å². The van der Waals surface area contributed by atoms with Gasteiger partial charge in [-0.15, -0.1) is 11.3 Å². The second-order valence-corrected chi connectivity index (χ2v) is 7.86. The number of nitrogens with zero attached hydrogens (tertiary/aromatic N) is 6. The lowest BCUT2D eigenvalue weighted by Crippen LogP contribution is -2.43. The molecule has 0 radical (unpaired) electrons. The molecule has 0 unspecified atom stereocenters. The first-order valence-electron chi connectivity index (χ1n) is 8.94. The lowest BCUT2D eigenvalue weighted by molar-refractivity contribution is 0.181. The van der Waals surface area contributed by atoms with Gasteiger partial charge in [0, 0.05) is 42.8 Å². The fourth-order valence-corrected chi connectivity index (χ4v) is 4.11. The molecule has 0 aromatic carbocycles. The first-order chi connectivity index (χ1) is 13.2. The van der Waals surface area contributed by atoms with Gasteiger partial charge in [0.2, 0.25) is 0 Å². The number of piperidine rings is 1. The zero-order valence-corrected chi connectivity index (χ0v) is 15.9. The number of carbonyl (C=O) groups is 1. The van der Waals surface area contributed by atoms with E-state index in [-0.39, 0.29) is 6.03 Å². The molecule has 1 aliphatic heterocycles. The molecule has 1 fully saturated rings. The number of rotatable bonds is 4. The van der Waals surface area contributed by atoms with Crippen LogP contribution in [0.2, 0.25) is 0 Å². The number of carbonyl (C=O) groups excluding carboxylic acids is 1. The standard InChI is InChI=1S/C18H21N7OS/c1-13-8-21-17(27-13)15-4-6-24(7-5-15)18(26)22-10-14-2-3-16(20-9-14)25-12-19-11-23-25/h2-3,8-9,11-12,15H,4-7,10H2,1H3,(H,22,26). The molecule has 0 spiro atoms. The molecule has 1 N–H and O–H groups in total. The topological polar surface area (TPSA) is 88.8 Å². The van der Waals surface area contributed by atoms with Crippen LogP contribution in [-0.4, -0.2) is 48.8 Å². The van der Waals surface area contributed by atoms with E-state index in [0.717, 1.165) is 31.5 Å². The number of aryl methyl sites for hydroxylation is 1. The second kappa shape index (κ2) is 7.83. The highest BCUT2D eigenvalue weighted by Crippen LogP contribution is 2.30. The van der Waals surface area contributed by atoms with Gasteiger partial charge >= 0.3 is 6.03 Å². The summed E-state index contributed by atoms with van der Waals surface area (Å²) in [5.74, 6) is 1.17. The fraction of sp³-hybridized carbons (Fsp3) is 0.389. The van der Waals surface area contributed by atoms with E-state index in [1.165, 1.54) is 16.2 Å². The highest BCUT2D eigenvalue weighted by atomic mass is 32.1. The molecule has 140 valence electrons. The average Bonchev–Trinajstić information content (AvgIpc) is 3.39. The van der Waals surface area contributed by atoms with Crippen molar-refractivity contribution in [2.24, 2.45) is 0 Å². The molecule has 2 amide bonds. The minimum Gasteiger partial charge on any atom is -0.334 e. The Morgan fingerprint density at radius 1 is 1.26 bits per heavy atom. The maximum absolute atomic E-state index is 12.4. The number of urea groups is 1. The van der Waals surface area contributed by atoms with Crippen LogP contribution in [0.15, 0.2) is 37.2 Å². The quantitative estimate of drug-likeness (QED) is 0.748. The van der Waals surface area contributed by atoms with E-state index in [1.807, 2.05) is 23.2 Å². The maximum Gasteiger partial charge on any atom is 0.317 e. The molecule has 0 bridgehead atoms. The van der Waals surface area contributed by atoms with E-state index in [0.29, 0.717) is 18.3 Å². The predicted octanol–water partition coefficient (Wildman–Crippen LogP) is 2.52. The van der Waals surface area contributed by atoms with Crippen molar-refractivity contribution >= 4 is 17.4 Å². The number of hydrogen-bond acceptors (Lipinski definition) is 6. The monoisotopic (exact) mass is 383 g/mol. The van der Waals surface area contributed by atoms with Crippen molar-refractivity contribution < 1.29 is 4.79 Å². The van der Waals surface area contributed by atoms with Crippen LogP contribution in [0.5, 0.6) is 0 Å². The largest absolute Gasteiger partial charge is 0.334 e. The molecule has 8 nitrogen and oxygen atoms in total. The van der Waals surface area contributed by atoms with Crippen LogP contribution < -0.4 is 5.32 Å². The highest BCUT2D eigenvalue weighted by molar-refractivity contribution is 7.11. The molecule has 4 heterocycles. The summed E-state index contributed by atoms with van der Waals surface area (Å²) in [6.07, 6.45) is 8.67. The minimum absolute atomic E-state index is 0.0240. The van der Waals surface area contributed by atoms with E-state index < -0.39 is 0 Å². The van der Waals surface area contributed by atoms with Crippen LogP contribution in [0.4, 0.5) is 4.79 Å². The van der Waals surface area contributed by atoms with Gasteiger partial charge in [-0.1, -0.05) is 6.07 Å². The third kappa shape index (κ3) is 4.13. The first kappa shape index (κ1) is 17.6. The Morgan fingerprint density at radius 2 is 2.11 bits per heavy atom. The normalized spacial score (nSPS) is 15.1. The van der Waals surface area contributed by atoms with E-state index in [2.05, 4.69) is 32.3 Å². The number of thiazole rings is 1. The third-order valence-electron chi connectivity index (χ3n) is 4.68. The van der Waals surface area contributed by atoms with E-state index >= 15 is 0 Å². The molecule has 0 saturated carbocycles. The predicted molar refractivity (Wildman–Crippen MR) is 102 cm³/mol. The summed E-state index contributed by atoms with van der Waals surface area (Å²) in [7, 11) is 0. The number of likely N-dealkylation sites (tertiary alicyclic amines) is 1. The van der Waals surface area contributed by atoms with Crippen molar-refractivity contribution in [2.45, 2.75) is 32.2 Å². The lowest BCUT2D eigenvalue weighted by atomic mass is 9.98. The Balaban J connectivity index is 1.26. The Hall–Kier alpha value is -2.81. The molecule has 27 heavy (non-hydrogen) atoms. The third-order valence-corrected chi connectivity index (χ3v) is 5.75. The van der Waals surface area contributed by atoms with Gasteiger partial charge in [-0.3, -0.25) is 0 Å². The summed E-state index contributed by atoms with van der Waals surface area (Å²) in [4.78, 5) is 28.3. The van der Waals surface area contributed by atoms with Crippen molar-refractivity contribution in [1.29, 1.82) is 0 Å². The highest BCUT2D eigenvalue weighted by Gasteiger charge is 2.25. The zero-order valence-electron chi connectivity index (χ0n) is 15.1. The fourth-order valence-electron chi connectivity index (χ4n) is 3.16. The second-order valence-electron chi connectivity index (χ2n) is 6.59. The van der Waals surface area contributed by atoms with Crippen molar-refractivity contribution in [3.63, 3.8) is 0 Å². The van der Waals surface area contributed by atoms with Gasteiger partial charge in [-0.05, 0) is 31.4 Å².